The lowest BCUT2D eigenvalue weighted by atomic mass is 9.80. The highest BCUT2D eigenvalue weighted by Gasteiger charge is 2.29. The van der Waals surface area contributed by atoms with E-state index < -0.39 is 4.92 Å². The molecule has 1 unspecified atom stereocenters. The summed E-state index contributed by atoms with van der Waals surface area (Å²) < 4.78 is 5.88. The number of benzene rings is 3. The van der Waals surface area contributed by atoms with Gasteiger partial charge in [-0.2, -0.15) is 0 Å². The van der Waals surface area contributed by atoms with Crippen LogP contribution in [0.15, 0.2) is 72.8 Å². The zero-order valence-electron chi connectivity index (χ0n) is 20.5. The van der Waals surface area contributed by atoms with Crippen molar-refractivity contribution in [3.8, 4) is 5.75 Å². The lowest BCUT2D eigenvalue weighted by Crippen LogP contribution is -2.35. The zero-order valence-corrected chi connectivity index (χ0v) is 20.5. The van der Waals surface area contributed by atoms with Crippen LogP contribution in [0.4, 0.5) is 5.69 Å². The molecule has 5 rings (SSSR count). The van der Waals surface area contributed by atoms with Crippen LogP contribution in [0.25, 0.3) is 0 Å². The minimum atomic E-state index is -0.406. The maximum absolute atomic E-state index is 13.2. The van der Waals surface area contributed by atoms with E-state index in [-0.39, 0.29) is 24.0 Å². The Hall–Kier alpha value is -3.51. The summed E-state index contributed by atoms with van der Waals surface area (Å²) >= 11 is 0. The first-order chi connectivity index (χ1) is 17.6. The summed E-state index contributed by atoms with van der Waals surface area (Å²) in [6, 6.07) is 22.9. The molecular weight excluding hydrogens is 452 g/mol. The fraction of sp³-hybridized carbons (Fsp3) is 0.367. The number of fused-ring (bicyclic) bond motifs is 1. The summed E-state index contributed by atoms with van der Waals surface area (Å²) in [6.45, 7) is 3.43. The SMILES string of the molecule is O=C1c2ccc(OCc3cccc([N+](=O)[O-])c3)cc2CCC1CCN1CCC(c2ccccc2)CC1. The molecule has 186 valence electrons. The number of aryl methyl sites for hydroxylation is 1. The average Bonchev–Trinajstić information content (AvgIpc) is 2.92. The number of ketones is 1. The second kappa shape index (κ2) is 11.0. The van der Waals surface area contributed by atoms with Crippen LogP contribution >= 0.6 is 0 Å². The normalized spacial score (nSPS) is 18.6. The molecule has 1 heterocycles. The van der Waals surface area contributed by atoms with E-state index in [0.29, 0.717) is 11.7 Å². The number of piperidine rings is 1. The molecule has 6 nitrogen and oxygen atoms in total. The molecule has 0 radical (unpaired) electrons. The van der Waals surface area contributed by atoms with Gasteiger partial charge in [0.2, 0.25) is 0 Å². The minimum absolute atomic E-state index is 0.0544. The Morgan fingerprint density at radius 3 is 2.53 bits per heavy atom. The molecule has 3 aromatic carbocycles. The number of hydrogen-bond donors (Lipinski definition) is 0. The van der Waals surface area contributed by atoms with E-state index in [4.69, 9.17) is 4.74 Å². The summed E-state index contributed by atoms with van der Waals surface area (Å²) in [4.78, 5) is 26.3. The number of carbonyl (C=O) groups is 1. The number of rotatable bonds is 8. The average molecular weight is 485 g/mol. The monoisotopic (exact) mass is 484 g/mol. The third-order valence-corrected chi connectivity index (χ3v) is 7.65. The second-order valence-corrected chi connectivity index (χ2v) is 9.95. The Bertz CT molecular complexity index is 1220. The van der Waals surface area contributed by atoms with E-state index in [1.54, 1.807) is 6.07 Å². The van der Waals surface area contributed by atoms with Crippen molar-refractivity contribution in [2.24, 2.45) is 5.92 Å². The van der Waals surface area contributed by atoms with Crippen molar-refractivity contribution >= 4 is 11.5 Å². The van der Waals surface area contributed by atoms with E-state index in [9.17, 15) is 14.9 Å². The maximum Gasteiger partial charge on any atom is 0.269 e. The van der Waals surface area contributed by atoms with Crippen LogP contribution in [0, 0.1) is 16.0 Å². The van der Waals surface area contributed by atoms with Crippen LogP contribution in [0.5, 0.6) is 5.75 Å². The van der Waals surface area contributed by atoms with Crippen LogP contribution in [0.3, 0.4) is 0 Å². The highest BCUT2D eigenvalue weighted by atomic mass is 16.6. The molecule has 0 saturated carbocycles. The van der Waals surface area contributed by atoms with Gasteiger partial charge in [-0.05, 0) is 92.5 Å². The lowest BCUT2D eigenvalue weighted by Gasteiger charge is -2.33. The summed E-state index contributed by atoms with van der Waals surface area (Å²) in [6.07, 6.45) is 5.03. The van der Waals surface area contributed by atoms with Gasteiger partial charge in [-0.1, -0.05) is 42.5 Å². The van der Waals surface area contributed by atoms with Gasteiger partial charge in [0.05, 0.1) is 4.92 Å². The van der Waals surface area contributed by atoms with Gasteiger partial charge in [-0.25, -0.2) is 0 Å². The van der Waals surface area contributed by atoms with Crippen molar-refractivity contribution in [2.75, 3.05) is 19.6 Å². The van der Waals surface area contributed by atoms with Crippen LogP contribution in [-0.4, -0.2) is 35.2 Å². The predicted octanol–water partition coefficient (Wildman–Crippen LogP) is 6.19. The highest BCUT2D eigenvalue weighted by molar-refractivity contribution is 6.00. The third-order valence-electron chi connectivity index (χ3n) is 7.65. The number of likely N-dealkylation sites (tertiary alicyclic amines) is 1. The van der Waals surface area contributed by atoms with Crippen molar-refractivity contribution in [1.29, 1.82) is 0 Å². The van der Waals surface area contributed by atoms with Gasteiger partial charge in [0.15, 0.2) is 5.78 Å². The molecule has 0 N–H and O–H groups in total. The Balaban J connectivity index is 1.12. The van der Waals surface area contributed by atoms with E-state index in [2.05, 4.69) is 35.2 Å². The molecule has 1 fully saturated rings. The van der Waals surface area contributed by atoms with E-state index in [1.807, 2.05) is 24.3 Å². The number of carbonyl (C=O) groups excluding carboxylic acids is 1. The van der Waals surface area contributed by atoms with Crippen molar-refractivity contribution in [1.82, 2.24) is 4.90 Å². The predicted molar refractivity (Wildman–Crippen MR) is 139 cm³/mol. The molecule has 0 spiro atoms. The van der Waals surface area contributed by atoms with Crippen molar-refractivity contribution < 1.29 is 14.5 Å². The van der Waals surface area contributed by atoms with Crippen molar-refractivity contribution in [3.05, 3.63) is 105 Å². The number of ether oxygens (including phenoxy) is 1. The molecule has 1 saturated heterocycles. The Kier molecular flexibility index (Phi) is 7.42. The fourth-order valence-corrected chi connectivity index (χ4v) is 5.54. The van der Waals surface area contributed by atoms with E-state index in [0.717, 1.165) is 55.6 Å². The fourth-order valence-electron chi connectivity index (χ4n) is 5.54. The molecule has 3 aromatic rings. The van der Waals surface area contributed by atoms with Gasteiger partial charge in [-0.15, -0.1) is 0 Å². The van der Waals surface area contributed by atoms with Gasteiger partial charge >= 0.3 is 0 Å². The summed E-state index contributed by atoms with van der Waals surface area (Å²) in [5.41, 5.74) is 4.10. The lowest BCUT2D eigenvalue weighted by molar-refractivity contribution is -0.384. The van der Waals surface area contributed by atoms with Crippen LogP contribution in [0.1, 0.15) is 58.6 Å². The maximum atomic E-state index is 13.2. The number of Topliss-reactive ketones (excluding diaryl/α,β-unsaturated/α-hetero) is 1. The van der Waals surface area contributed by atoms with Crippen LogP contribution in [-0.2, 0) is 13.0 Å². The van der Waals surface area contributed by atoms with Gasteiger partial charge in [0.1, 0.15) is 12.4 Å². The number of nitro groups is 1. The Morgan fingerprint density at radius 2 is 1.75 bits per heavy atom. The number of nitrogens with zero attached hydrogens (tertiary/aromatic N) is 2. The zero-order chi connectivity index (χ0) is 24.9. The number of nitro benzene ring substituents is 1. The van der Waals surface area contributed by atoms with Gasteiger partial charge in [0, 0.05) is 23.6 Å². The van der Waals surface area contributed by atoms with Crippen LogP contribution in [0.2, 0.25) is 0 Å². The second-order valence-electron chi connectivity index (χ2n) is 9.95. The smallest absolute Gasteiger partial charge is 0.269 e. The standard InChI is InChI=1S/C30H32N2O4/c33-30-25(15-18-31-16-13-24(14-17-31)23-6-2-1-3-7-23)9-10-26-20-28(11-12-29(26)30)36-21-22-5-4-8-27(19-22)32(34)35/h1-8,11-12,19-20,24-25H,9-10,13-18,21H2. The van der Waals surface area contributed by atoms with Crippen molar-refractivity contribution in [3.63, 3.8) is 0 Å². The molecule has 0 bridgehead atoms. The van der Waals surface area contributed by atoms with Crippen molar-refractivity contribution in [2.45, 2.75) is 44.6 Å². The minimum Gasteiger partial charge on any atom is -0.489 e. The molecule has 1 atom stereocenters. The third kappa shape index (κ3) is 5.65. The van der Waals surface area contributed by atoms with Gasteiger partial charge < -0.3 is 9.64 Å². The first-order valence-electron chi connectivity index (χ1n) is 12.9. The van der Waals surface area contributed by atoms with Gasteiger partial charge in [0.25, 0.3) is 5.69 Å². The molecular formula is C30H32N2O4. The number of non-ortho nitro benzene ring substituents is 1. The molecule has 0 amide bonds. The highest BCUT2D eigenvalue weighted by Crippen LogP contribution is 2.32. The summed E-state index contributed by atoms with van der Waals surface area (Å²) in [7, 11) is 0. The topological polar surface area (TPSA) is 72.7 Å². The van der Waals surface area contributed by atoms with Crippen LogP contribution < -0.4 is 4.74 Å². The van der Waals surface area contributed by atoms with Gasteiger partial charge in [-0.3, -0.25) is 14.9 Å². The van der Waals surface area contributed by atoms with E-state index >= 15 is 0 Å². The molecule has 1 aliphatic heterocycles. The van der Waals surface area contributed by atoms with E-state index in [1.165, 1.54) is 30.5 Å². The first-order valence-corrected chi connectivity index (χ1v) is 12.9. The molecule has 0 aromatic heterocycles. The quantitative estimate of drug-likeness (QED) is 0.282. The molecule has 36 heavy (non-hydrogen) atoms. The largest absolute Gasteiger partial charge is 0.489 e. The number of hydrogen-bond acceptors (Lipinski definition) is 5. The Labute approximate surface area is 212 Å². The summed E-state index contributed by atoms with van der Waals surface area (Å²) in [5, 5.41) is 11.0. The molecule has 2 aliphatic rings. The first kappa shape index (κ1) is 24.2. The molecule has 6 heteroatoms. The Morgan fingerprint density at radius 1 is 0.944 bits per heavy atom. The summed E-state index contributed by atoms with van der Waals surface area (Å²) in [5.74, 6) is 1.67. The molecule has 1 aliphatic carbocycles.